The van der Waals surface area contributed by atoms with Gasteiger partial charge in [0.15, 0.2) is 6.10 Å². The number of unbranched alkanes of at least 4 members (excludes halogenated alkanes) is 27. The van der Waals surface area contributed by atoms with Crippen LogP contribution in [0.15, 0.2) is 85.1 Å². The van der Waals surface area contributed by atoms with Crippen LogP contribution in [0.25, 0.3) is 0 Å². The van der Waals surface area contributed by atoms with Crippen LogP contribution in [0.2, 0.25) is 0 Å². The van der Waals surface area contributed by atoms with Gasteiger partial charge in [0.25, 0.3) is 0 Å². The fraction of sp³-hybridized carbons (Fsp3) is 0.730. The molecule has 0 heterocycles. The molecule has 0 fully saturated rings. The maximum absolute atomic E-state index is 12.9. The Balaban J connectivity index is 4.45. The lowest BCUT2D eigenvalue weighted by molar-refractivity contribution is -0.167. The molecule has 0 aliphatic heterocycles. The van der Waals surface area contributed by atoms with Crippen molar-refractivity contribution in [1.82, 2.24) is 0 Å². The summed E-state index contributed by atoms with van der Waals surface area (Å²) in [6.07, 6.45) is 74.3. The minimum Gasteiger partial charge on any atom is -0.462 e. The van der Waals surface area contributed by atoms with Gasteiger partial charge in [0.1, 0.15) is 13.2 Å². The van der Waals surface area contributed by atoms with E-state index in [0.717, 1.165) is 122 Å². The smallest absolute Gasteiger partial charge is 0.306 e. The Bertz CT molecular complexity index is 1330. The van der Waals surface area contributed by atoms with Gasteiger partial charge in [0, 0.05) is 19.3 Å². The van der Waals surface area contributed by atoms with Crippen LogP contribution < -0.4 is 0 Å². The van der Waals surface area contributed by atoms with Crippen molar-refractivity contribution in [3.05, 3.63) is 85.1 Å². The van der Waals surface area contributed by atoms with Gasteiger partial charge >= 0.3 is 17.9 Å². The highest BCUT2D eigenvalue weighted by Gasteiger charge is 2.19. The van der Waals surface area contributed by atoms with Crippen molar-refractivity contribution in [2.45, 2.75) is 284 Å². The van der Waals surface area contributed by atoms with Gasteiger partial charge in [-0.3, -0.25) is 14.4 Å². The SMILES string of the molecule is CC/C=C/C/C=C/C/C=C/C/C=C/C/C=C/CCCCCC(=O)OC[C@@H](COC(=O)CCCCCCC/C=C/C/C=C/CCCCC)OC(=O)CCCCCCCCCCCCCCCCCCC. The molecule has 0 aromatic carbocycles. The van der Waals surface area contributed by atoms with Gasteiger partial charge in [-0.15, -0.1) is 0 Å². The summed E-state index contributed by atoms with van der Waals surface area (Å²) in [4.78, 5) is 38.2. The van der Waals surface area contributed by atoms with Gasteiger partial charge in [0.2, 0.25) is 0 Å². The fourth-order valence-electron chi connectivity index (χ4n) is 8.03. The van der Waals surface area contributed by atoms with E-state index < -0.39 is 6.10 Å². The minimum absolute atomic E-state index is 0.0928. The molecule has 0 N–H and O–H groups in total. The van der Waals surface area contributed by atoms with Crippen molar-refractivity contribution in [2.75, 3.05) is 13.2 Å². The number of hydrogen-bond donors (Lipinski definition) is 0. The van der Waals surface area contributed by atoms with Gasteiger partial charge in [-0.25, -0.2) is 0 Å². The number of rotatable bonds is 52. The summed E-state index contributed by atoms with van der Waals surface area (Å²) in [6.45, 7) is 6.48. The fourth-order valence-corrected chi connectivity index (χ4v) is 8.03. The van der Waals surface area contributed by atoms with Gasteiger partial charge in [-0.1, -0.05) is 247 Å². The summed E-state index contributed by atoms with van der Waals surface area (Å²) in [5.74, 6) is -0.930. The van der Waals surface area contributed by atoms with E-state index in [4.69, 9.17) is 14.2 Å². The molecule has 0 aromatic rings. The normalized spacial score (nSPS) is 12.7. The van der Waals surface area contributed by atoms with E-state index in [2.05, 4.69) is 106 Å². The van der Waals surface area contributed by atoms with Crippen molar-refractivity contribution in [3.63, 3.8) is 0 Å². The number of carbonyl (C=O) groups is 3. The third kappa shape index (κ3) is 55.4. The molecular weight excluding hydrogens is 853 g/mol. The number of hydrogen-bond acceptors (Lipinski definition) is 6. The first-order valence-electron chi connectivity index (χ1n) is 29.1. The third-order valence-electron chi connectivity index (χ3n) is 12.4. The van der Waals surface area contributed by atoms with E-state index in [1.54, 1.807) is 0 Å². The Morgan fingerprint density at radius 3 is 0.928 bits per heavy atom. The van der Waals surface area contributed by atoms with Crippen molar-refractivity contribution in [3.8, 4) is 0 Å². The summed E-state index contributed by atoms with van der Waals surface area (Å²) in [7, 11) is 0. The first-order valence-corrected chi connectivity index (χ1v) is 29.1. The number of esters is 3. The summed E-state index contributed by atoms with van der Waals surface area (Å²) in [5, 5.41) is 0. The molecule has 0 saturated carbocycles. The molecule has 0 unspecified atom stereocenters. The molecule has 69 heavy (non-hydrogen) atoms. The molecule has 0 rings (SSSR count). The summed E-state index contributed by atoms with van der Waals surface area (Å²) < 4.78 is 16.8. The van der Waals surface area contributed by atoms with E-state index in [-0.39, 0.29) is 31.1 Å². The molecule has 0 bridgehead atoms. The van der Waals surface area contributed by atoms with Gasteiger partial charge in [-0.05, 0) is 96.3 Å². The molecule has 6 heteroatoms. The minimum atomic E-state index is -0.795. The van der Waals surface area contributed by atoms with Crippen LogP contribution in [0.5, 0.6) is 0 Å². The molecule has 1 atom stereocenters. The van der Waals surface area contributed by atoms with Crippen LogP contribution in [-0.4, -0.2) is 37.2 Å². The van der Waals surface area contributed by atoms with Crippen molar-refractivity contribution in [2.24, 2.45) is 0 Å². The molecule has 0 amide bonds. The number of ether oxygens (including phenoxy) is 3. The van der Waals surface area contributed by atoms with Crippen molar-refractivity contribution in [1.29, 1.82) is 0 Å². The van der Waals surface area contributed by atoms with Crippen molar-refractivity contribution >= 4 is 17.9 Å². The lowest BCUT2D eigenvalue weighted by atomic mass is 10.0. The van der Waals surface area contributed by atoms with Gasteiger partial charge < -0.3 is 14.2 Å². The monoisotopic (exact) mass is 961 g/mol. The van der Waals surface area contributed by atoms with Gasteiger partial charge in [0.05, 0.1) is 0 Å². The second-order valence-electron chi connectivity index (χ2n) is 19.2. The second-order valence-corrected chi connectivity index (χ2v) is 19.2. The zero-order chi connectivity index (χ0) is 50.0. The molecule has 0 saturated heterocycles. The first-order chi connectivity index (χ1) is 34.0. The average Bonchev–Trinajstić information content (AvgIpc) is 3.35. The predicted octanol–water partition coefficient (Wildman–Crippen LogP) is 19.5. The lowest BCUT2D eigenvalue weighted by Gasteiger charge is -2.18. The van der Waals surface area contributed by atoms with Crippen molar-refractivity contribution < 1.29 is 28.6 Å². The lowest BCUT2D eigenvalue weighted by Crippen LogP contribution is -2.30. The summed E-state index contributed by atoms with van der Waals surface area (Å²) in [5.41, 5.74) is 0. The van der Waals surface area contributed by atoms with Crippen LogP contribution in [0.1, 0.15) is 278 Å². The maximum atomic E-state index is 12.9. The molecule has 0 spiro atoms. The molecule has 0 aliphatic carbocycles. The average molecular weight is 962 g/mol. The first kappa shape index (κ1) is 65.6. The Morgan fingerprint density at radius 1 is 0.304 bits per heavy atom. The summed E-state index contributed by atoms with van der Waals surface area (Å²) >= 11 is 0. The Kier molecular flexibility index (Phi) is 54.3. The standard InChI is InChI=1S/C63H108O6/c1-4-7-10-13-16-19-22-25-28-30-31-33-35-38-41-44-47-50-53-56-62(65)68-59-60(58-67-61(64)55-52-49-46-43-40-37-34-27-24-21-18-15-12-9-6-3)69-63(66)57-54-51-48-45-42-39-36-32-29-26-23-20-17-14-11-8-5-2/h7,10,16,18-19,21,25,27-28,31,33-34,38,41,60H,4-6,8-9,11-15,17,20,22-24,26,29-30,32,35-37,39-40,42-59H2,1-3H3/b10-7+,19-16+,21-18+,28-25+,33-31+,34-27+,41-38+/t60-/m1/s1. The number of allylic oxidation sites excluding steroid dienone is 14. The van der Waals surface area contributed by atoms with Crippen LogP contribution >= 0.6 is 0 Å². The molecule has 0 aliphatic rings. The number of carbonyl (C=O) groups excluding carboxylic acids is 3. The molecule has 0 aromatic heterocycles. The predicted molar refractivity (Wildman–Crippen MR) is 297 cm³/mol. The van der Waals surface area contributed by atoms with E-state index in [0.29, 0.717) is 19.3 Å². The quantitative estimate of drug-likeness (QED) is 0.0262. The Morgan fingerprint density at radius 2 is 0.565 bits per heavy atom. The zero-order valence-electron chi connectivity index (χ0n) is 45.3. The molecular formula is C63H108O6. The van der Waals surface area contributed by atoms with E-state index >= 15 is 0 Å². The van der Waals surface area contributed by atoms with E-state index in [1.807, 2.05) is 0 Å². The zero-order valence-corrected chi connectivity index (χ0v) is 45.3. The van der Waals surface area contributed by atoms with Crippen LogP contribution in [-0.2, 0) is 28.6 Å². The molecule has 396 valence electrons. The van der Waals surface area contributed by atoms with Crippen LogP contribution in [0.3, 0.4) is 0 Å². The largest absolute Gasteiger partial charge is 0.462 e. The Hall–Kier alpha value is -3.41. The van der Waals surface area contributed by atoms with E-state index in [9.17, 15) is 14.4 Å². The highest BCUT2D eigenvalue weighted by molar-refractivity contribution is 5.71. The second kappa shape index (κ2) is 57.2. The highest BCUT2D eigenvalue weighted by atomic mass is 16.6. The molecule has 0 radical (unpaired) electrons. The van der Waals surface area contributed by atoms with Gasteiger partial charge in [-0.2, -0.15) is 0 Å². The van der Waals surface area contributed by atoms with Crippen LogP contribution in [0.4, 0.5) is 0 Å². The third-order valence-corrected chi connectivity index (χ3v) is 12.4. The summed E-state index contributed by atoms with van der Waals surface area (Å²) in [6, 6.07) is 0. The Labute approximate surface area is 426 Å². The van der Waals surface area contributed by atoms with Crippen LogP contribution in [0, 0.1) is 0 Å². The highest BCUT2D eigenvalue weighted by Crippen LogP contribution is 2.16. The molecule has 6 nitrogen and oxygen atoms in total. The van der Waals surface area contributed by atoms with E-state index in [1.165, 1.54) is 116 Å². The topological polar surface area (TPSA) is 78.9 Å². The maximum Gasteiger partial charge on any atom is 0.306 e.